The molecule has 0 unspecified atom stereocenters. The zero-order chi connectivity index (χ0) is 37.4. The average Bonchev–Trinajstić information content (AvgIpc) is 3.14. The van der Waals surface area contributed by atoms with E-state index >= 15 is 0 Å². The minimum atomic E-state index is -4.23. The van der Waals surface area contributed by atoms with Crippen LogP contribution >= 0.6 is 7.82 Å². The van der Waals surface area contributed by atoms with Crippen molar-refractivity contribution in [3.05, 3.63) is 60.7 Å². The van der Waals surface area contributed by atoms with Crippen LogP contribution in [0, 0.1) is 0 Å². The predicted molar refractivity (Wildman–Crippen MR) is 211 cm³/mol. The second kappa shape index (κ2) is 30.6. The first-order valence-corrected chi connectivity index (χ1v) is 22.0. The Balaban J connectivity index is 1.84. The molecular weight excluding hydrogens is 675 g/mol. The van der Waals surface area contributed by atoms with Crippen molar-refractivity contribution in [2.24, 2.45) is 0 Å². The lowest BCUT2D eigenvalue weighted by molar-refractivity contribution is -0.161. The number of carbonyl (C=O) groups is 2. The van der Waals surface area contributed by atoms with Gasteiger partial charge in [0.05, 0.1) is 0 Å². The number of para-hydroxylation sites is 2. The first-order chi connectivity index (χ1) is 25.4. The standard InChI is InChI=1S/C43H69O8P/c1-3-5-7-9-11-13-15-17-19-21-29-35-42(44)47-37-41(49-43(45)36-30-22-20-18-16-14-12-10-8-6-4-2)38-48-52(46,50-39-31-25-23-26-32-39)51-40-33-27-24-28-34-40/h23-28,31-34,41H,3-22,29-30,35-38H2,1-2H3/t41-/m0/s1. The number of phosphoric acid groups is 1. The summed E-state index contributed by atoms with van der Waals surface area (Å²) in [6.07, 6.45) is 25.7. The van der Waals surface area contributed by atoms with Gasteiger partial charge < -0.3 is 18.5 Å². The summed E-state index contributed by atoms with van der Waals surface area (Å²) in [7, 11) is -4.23. The quantitative estimate of drug-likeness (QED) is 0.0397. The Hall–Kier alpha value is -2.83. The molecule has 52 heavy (non-hydrogen) atoms. The Kier molecular flexibility index (Phi) is 26.7. The molecule has 0 aromatic heterocycles. The molecular formula is C43H69O8P. The third-order valence-corrected chi connectivity index (χ3v) is 10.4. The van der Waals surface area contributed by atoms with Crippen LogP contribution in [0.25, 0.3) is 0 Å². The van der Waals surface area contributed by atoms with Crippen molar-refractivity contribution >= 4 is 19.8 Å². The number of unbranched alkanes of at least 4 members (excludes halogenated alkanes) is 20. The molecule has 294 valence electrons. The summed E-state index contributed by atoms with van der Waals surface area (Å²) in [6.45, 7) is 3.93. The monoisotopic (exact) mass is 744 g/mol. The van der Waals surface area contributed by atoms with Crippen LogP contribution in [0.2, 0.25) is 0 Å². The van der Waals surface area contributed by atoms with Crippen molar-refractivity contribution in [2.45, 2.75) is 174 Å². The Labute approximate surface area is 315 Å². The number of esters is 2. The normalized spacial score (nSPS) is 12.0. The Morgan fingerprint density at radius 1 is 0.500 bits per heavy atom. The Morgan fingerprint density at radius 3 is 1.27 bits per heavy atom. The molecule has 0 radical (unpaired) electrons. The zero-order valence-electron chi connectivity index (χ0n) is 32.4. The molecule has 0 saturated carbocycles. The van der Waals surface area contributed by atoms with Crippen LogP contribution in [0.3, 0.4) is 0 Å². The molecule has 0 amide bonds. The van der Waals surface area contributed by atoms with Gasteiger partial charge in [0.1, 0.15) is 24.7 Å². The van der Waals surface area contributed by atoms with Crippen molar-refractivity contribution in [1.82, 2.24) is 0 Å². The number of hydrogen-bond donors (Lipinski definition) is 0. The SMILES string of the molecule is CCCCCCCCCCCCCC(=O)OC[C@@H](COP(=O)(Oc1ccccc1)Oc1ccccc1)OC(=O)CCCCCCCCCCCCC. The highest BCUT2D eigenvalue weighted by Gasteiger charge is 2.33. The summed E-state index contributed by atoms with van der Waals surface area (Å²) in [6, 6.07) is 17.2. The fourth-order valence-electron chi connectivity index (χ4n) is 5.95. The van der Waals surface area contributed by atoms with Gasteiger partial charge in [0.15, 0.2) is 6.10 Å². The van der Waals surface area contributed by atoms with Crippen LogP contribution < -0.4 is 9.05 Å². The van der Waals surface area contributed by atoms with Crippen LogP contribution in [0.15, 0.2) is 60.7 Å². The third-order valence-electron chi connectivity index (χ3n) is 9.04. The van der Waals surface area contributed by atoms with Gasteiger partial charge in [-0.15, -0.1) is 0 Å². The molecule has 0 aliphatic rings. The number of rotatable bonds is 34. The van der Waals surface area contributed by atoms with E-state index in [2.05, 4.69) is 13.8 Å². The second-order valence-corrected chi connectivity index (χ2v) is 15.4. The Bertz CT molecular complexity index is 1150. The highest BCUT2D eigenvalue weighted by atomic mass is 31.2. The highest BCUT2D eigenvalue weighted by molar-refractivity contribution is 7.49. The van der Waals surface area contributed by atoms with Gasteiger partial charge in [-0.2, -0.15) is 0 Å². The van der Waals surface area contributed by atoms with E-state index in [1.165, 1.54) is 103 Å². The van der Waals surface area contributed by atoms with E-state index in [0.717, 1.165) is 32.1 Å². The molecule has 0 aliphatic heterocycles. The average molecular weight is 745 g/mol. The number of benzene rings is 2. The number of hydrogen-bond acceptors (Lipinski definition) is 8. The zero-order valence-corrected chi connectivity index (χ0v) is 33.3. The first-order valence-electron chi connectivity index (χ1n) is 20.5. The summed E-state index contributed by atoms with van der Waals surface area (Å²) in [4.78, 5) is 25.6. The van der Waals surface area contributed by atoms with E-state index in [1.54, 1.807) is 48.5 Å². The topological polar surface area (TPSA) is 97.4 Å². The minimum Gasteiger partial charge on any atom is -0.462 e. The lowest BCUT2D eigenvalue weighted by Gasteiger charge is -2.22. The molecule has 0 fully saturated rings. The van der Waals surface area contributed by atoms with Gasteiger partial charge in [-0.1, -0.05) is 179 Å². The molecule has 0 saturated heterocycles. The molecule has 0 bridgehead atoms. The lowest BCUT2D eigenvalue weighted by atomic mass is 10.1. The van der Waals surface area contributed by atoms with Crippen molar-refractivity contribution < 1.29 is 37.2 Å². The van der Waals surface area contributed by atoms with E-state index in [9.17, 15) is 14.2 Å². The van der Waals surface area contributed by atoms with Crippen LogP contribution in [0.1, 0.15) is 168 Å². The summed E-state index contributed by atoms with van der Waals surface area (Å²) < 4.78 is 42.3. The lowest BCUT2D eigenvalue weighted by Crippen LogP contribution is -2.30. The summed E-state index contributed by atoms with van der Waals surface area (Å²) in [5, 5.41) is 0. The van der Waals surface area contributed by atoms with E-state index in [0.29, 0.717) is 24.3 Å². The van der Waals surface area contributed by atoms with E-state index in [4.69, 9.17) is 23.0 Å². The molecule has 0 spiro atoms. The number of ether oxygens (including phenoxy) is 2. The van der Waals surface area contributed by atoms with Crippen molar-refractivity contribution in [3.8, 4) is 11.5 Å². The number of carbonyl (C=O) groups excluding carboxylic acids is 2. The van der Waals surface area contributed by atoms with E-state index < -0.39 is 19.9 Å². The second-order valence-electron chi connectivity index (χ2n) is 13.9. The molecule has 0 aliphatic carbocycles. The molecule has 9 heteroatoms. The maximum atomic E-state index is 13.9. The smallest absolute Gasteiger partial charge is 0.462 e. The van der Waals surface area contributed by atoms with Gasteiger partial charge in [0.25, 0.3) is 0 Å². The molecule has 2 rings (SSSR count). The summed E-state index contributed by atoms with van der Waals surface area (Å²) >= 11 is 0. The summed E-state index contributed by atoms with van der Waals surface area (Å²) in [5.41, 5.74) is 0. The van der Waals surface area contributed by atoms with Gasteiger partial charge in [-0.05, 0) is 37.1 Å². The summed E-state index contributed by atoms with van der Waals surface area (Å²) in [5.74, 6) is -0.171. The van der Waals surface area contributed by atoms with Crippen LogP contribution in [-0.4, -0.2) is 31.3 Å². The van der Waals surface area contributed by atoms with E-state index in [1.807, 2.05) is 12.1 Å². The molecule has 8 nitrogen and oxygen atoms in total. The Morgan fingerprint density at radius 2 is 0.865 bits per heavy atom. The maximum absolute atomic E-state index is 13.9. The van der Waals surface area contributed by atoms with Gasteiger partial charge in [-0.25, -0.2) is 4.57 Å². The predicted octanol–water partition coefficient (Wildman–Crippen LogP) is 13.1. The molecule has 2 aromatic rings. The molecule has 0 N–H and O–H groups in total. The van der Waals surface area contributed by atoms with Crippen molar-refractivity contribution in [1.29, 1.82) is 0 Å². The van der Waals surface area contributed by atoms with Gasteiger partial charge in [0.2, 0.25) is 0 Å². The van der Waals surface area contributed by atoms with Crippen molar-refractivity contribution in [2.75, 3.05) is 13.2 Å². The first kappa shape index (κ1) is 45.3. The number of phosphoric ester groups is 1. The van der Waals surface area contributed by atoms with Crippen LogP contribution in [-0.2, 0) is 28.2 Å². The molecule has 1 atom stereocenters. The van der Waals surface area contributed by atoms with Crippen LogP contribution in [0.4, 0.5) is 0 Å². The van der Waals surface area contributed by atoms with Gasteiger partial charge in [-0.3, -0.25) is 14.1 Å². The third kappa shape index (κ3) is 24.4. The fourth-order valence-corrected chi connectivity index (χ4v) is 7.20. The fraction of sp³-hybridized carbons (Fsp3) is 0.674. The largest absolute Gasteiger partial charge is 0.587 e. The van der Waals surface area contributed by atoms with Crippen LogP contribution in [0.5, 0.6) is 11.5 Å². The highest BCUT2D eigenvalue weighted by Crippen LogP contribution is 2.49. The van der Waals surface area contributed by atoms with E-state index in [-0.39, 0.29) is 25.6 Å². The minimum absolute atomic E-state index is 0.211. The molecule has 2 aromatic carbocycles. The van der Waals surface area contributed by atoms with Crippen molar-refractivity contribution in [3.63, 3.8) is 0 Å². The molecule has 0 heterocycles. The van der Waals surface area contributed by atoms with Gasteiger partial charge in [0, 0.05) is 12.8 Å². The maximum Gasteiger partial charge on any atom is 0.587 e. The van der Waals surface area contributed by atoms with Gasteiger partial charge >= 0.3 is 19.8 Å².